The fourth-order valence-corrected chi connectivity index (χ4v) is 0.722. The number of rotatable bonds is 5. The van der Waals surface area contributed by atoms with Crippen molar-refractivity contribution in [3.05, 3.63) is 0 Å². The summed E-state index contributed by atoms with van der Waals surface area (Å²) in [6.45, 7) is 1.98. The number of aliphatic hydroxyl groups is 1. The lowest BCUT2D eigenvalue weighted by Gasteiger charge is -2.16. The fraction of sp³-hybridized carbons (Fsp3) is 1.00. The third-order valence-electron chi connectivity index (χ3n) is 1.22. The van der Waals surface area contributed by atoms with Crippen LogP contribution in [0, 0.1) is 0 Å². The van der Waals surface area contributed by atoms with Gasteiger partial charge in [0.15, 0.2) is 0 Å². The van der Waals surface area contributed by atoms with Gasteiger partial charge in [-0.1, -0.05) is 13.3 Å². The maximum Gasteiger partial charge on any atom is 0.0796 e. The van der Waals surface area contributed by atoms with Crippen LogP contribution in [0.3, 0.4) is 0 Å². The zero-order chi connectivity index (χ0) is 7.98. The highest BCUT2D eigenvalue weighted by molar-refractivity contribution is 4.62. The molecule has 0 saturated carbocycles. The van der Waals surface area contributed by atoms with Crippen molar-refractivity contribution in [3.8, 4) is 0 Å². The normalized spacial score (nSPS) is 16.8. The van der Waals surface area contributed by atoms with E-state index in [1.54, 1.807) is 0 Å². The van der Waals surface area contributed by atoms with E-state index in [0.29, 0.717) is 0 Å². The lowest BCUT2D eigenvalue weighted by Crippen LogP contribution is -2.50. The number of hydrogen-bond donors (Lipinski definition) is 4. The van der Waals surface area contributed by atoms with Gasteiger partial charge in [0.25, 0.3) is 0 Å². The summed E-state index contributed by atoms with van der Waals surface area (Å²) in [7, 11) is 0. The van der Waals surface area contributed by atoms with Gasteiger partial charge in [-0.2, -0.15) is 0 Å². The first-order valence-corrected chi connectivity index (χ1v) is 3.58. The van der Waals surface area contributed by atoms with Crippen LogP contribution in [0.15, 0.2) is 0 Å². The van der Waals surface area contributed by atoms with Crippen molar-refractivity contribution in [2.45, 2.75) is 32.1 Å². The molecule has 0 bridgehead atoms. The summed E-state index contributed by atoms with van der Waals surface area (Å²) >= 11 is 0. The zero-order valence-corrected chi connectivity index (χ0v) is 6.38. The van der Waals surface area contributed by atoms with E-state index >= 15 is 0 Å². The van der Waals surface area contributed by atoms with Crippen LogP contribution in [0.25, 0.3) is 0 Å². The summed E-state index contributed by atoms with van der Waals surface area (Å²) in [6.07, 6.45) is 1.42. The molecule has 0 aliphatic rings. The highest BCUT2D eigenvalue weighted by Crippen LogP contribution is 1.88. The van der Waals surface area contributed by atoms with Gasteiger partial charge in [0.05, 0.1) is 18.9 Å². The van der Waals surface area contributed by atoms with Gasteiger partial charge in [-0.05, 0) is 6.42 Å². The van der Waals surface area contributed by atoms with Crippen molar-refractivity contribution in [2.24, 2.45) is 11.5 Å². The number of hydrogen-bond acceptors (Lipinski definition) is 4. The Balaban J connectivity index is 3.27. The molecule has 4 heteroatoms. The minimum Gasteiger partial charge on any atom is -0.393 e. The molecule has 62 valence electrons. The second-order valence-corrected chi connectivity index (χ2v) is 2.35. The minimum absolute atomic E-state index is 0.0720. The zero-order valence-electron chi connectivity index (χ0n) is 6.38. The molecule has 10 heavy (non-hydrogen) atoms. The van der Waals surface area contributed by atoms with Crippen LogP contribution >= 0.6 is 0 Å². The monoisotopic (exact) mass is 147 g/mol. The molecule has 0 aromatic carbocycles. The summed E-state index contributed by atoms with van der Waals surface area (Å²) in [5.41, 5.74) is 10.9. The molecule has 2 atom stereocenters. The highest BCUT2D eigenvalue weighted by Gasteiger charge is 2.04. The second kappa shape index (κ2) is 5.61. The molecule has 0 amide bonds. The fourth-order valence-electron chi connectivity index (χ4n) is 0.722. The highest BCUT2D eigenvalue weighted by atomic mass is 16.3. The predicted octanol–water partition coefficient (Wildman–Crippen LogP) is -1.06. The second-order valence-electron chi connectivity index (χ2n) is 2.35. The van der Waals surface area contributed by atoms with Crippen molar-refractivity contribution in [3.63, 3.8) is 0 Å². The van der Waals surface area contributed by atoms with Gasteiger partial charge >= 0.3 is 0 Å². The summed E-state index contributed by atoms with van der Waals surface area (Å²) in [4.78, 5) is 0. The third kappa shape index (κ3) is 4.69. The Labute approximate surface area is 61.6 Å². The largest absolute Gasteiger partial charge is 0.393 e. The molecule has 0 rings (SSSR count). The maximum atomic E-state index is 8.51. The standard InChI is InChI=1S/C6H17N3O/c1-2-3-5(7)9-6(8)4-10/h5-6,9-10H,2-4,7-8H2,1H3. The Kier molecular flexibility index (Phi) is 5.52. The van der Waals surface area contributed by atoms with Gasteiger partial charge in [-0.3, -0.25) is 5.32 Å². The maximum absolute atomic E-state index is 8.51. The van der Waals surface area contributed by atoms with Gasteiger partial charge in [0.2, 0.25) is 0 Å². The van der Waals surface area contributed by atoms with Crippen LogP contribution in [0.5, 0.6) is 0 Å². The van der Waals surface area contributed by atoms with E-state index < -0.39 is 0 Å². The smallest absolute Gasteiger partial charge is 0.0796 e. The van der Waals surface area contributed by atoms with Crippen LogP contribution in [-0.2, 0) is 0 Å². The number of nitrogens with two attached hydrogens (primary N) is 2. The molecular formula is C6H17N3O. The van der Waals surface area contributed by atoms with Gasteiger partial charge in [0, 0.05) is 0 Å². The number of nitrogens with one attached hydrogen (secondary N) is 1. The lowest BCUT2D eigenvalue weighted by molar-refractivity contribution is 0.232. The van der Waals surface area contributed by atoms with Crippen molar-refractivity contribution in [2.75, 3.05) is 6.61 Å². The van der Waals surface area contributed by atoms with E-state index in [1.165, 1.54) is 0 Å². The Bertz CT molecular complexity index is 79.4. The SMILES string of the molecule is CCCC(N)NC(N)CO. The molecule has 0 aromatic rings. The van der Waals surface area contributed by atoms with E-state index in [0.717, 1.165) is 12.8 Å². The minimum atomic E-state index is -0.387. The average Bonchev–Trinajstić information content (AvgIpc) is 1.88. The van der Waals surface area contributed by atoms with Crippen molar-refractivity contribution < 1.29 is 5.11 Å². The summed E-state index contributed by atoms with van der Waals surface area (Å²) in [5.74, 6) is 0. The Morgan fingerprint density at radius 3 is 2.40 bits per heavy atom. The first-order valence-electron chi connectivity index (χ1n) is 3.58. The first-order chi connectivity index (χ1) is 4.70. The van der Waals surface area contributed by atoms with Gasteiger partial charge < -0.3 is 16.6 Å². The average molecular weight is 147 g/mol. The molecule has 0 heterocycles. The molecule has 0 saturated heterocycles. The van der Waals surface area contributed by atoms with Gasteiger partial charge in [-0.25, -0.2) is 0 Å². The summed E-state index contributed by atoms with van der Waals surface area (Å²) in [5, 5.41) is 11.3. The van der Waals surface area contributed by atoms with E-state index in [2.05, 4.69) is 5.32 Å². The molecule has 0 radical (unpaired) electrons. The Morgan fingerprint density at radius 1 is 1.40 bits per heavy atom. The summed E-state index contributed by atoms with van der Waals surface area (Å²) in [6, 6.07) is 0. The van der Waals surface area contributed by atoms with Crippen molar-refractivity contribution >= 4 is 0 Å². The third-order valence-corrected chi connectivity index (χ3v) is 1.22. The van der Waals surface area contributed by atoms with Crippen LogP contribution < -0.4 is 16.8 Å². The molecular weight excluding hydrogens is 130 g/mol. The number of aliphatic hydroxyl groups excluding tert-OH is 1. The topological polar surface area (TPSA) is 84.3 Å². The van der Waals surface area contributed by atoms with Crippen LogP contribution in [0.2, 0.25) is 0 Å². The Hall–Kier alpha value is -0.160. The van der Waals surface area contributed by atoms with Crippen LogP contribution in [0.1, 0.15) is 19.8 Å². The quantitative estimate of drug-likeness (QED) is 0.373. The van der Waals surface area contributed by atoms with E-state index in [9.17, 15) is 0 Å². The van der Waals surface area contributed by atoms with Gasteiger partial charge in [0.1, 0.15) is 0 Å². The van der Waals surface area contributed by atoms with Gasteiger partial charge in [-0.15, -0.1) is 0 Å². The van der Waals surface area contributed by atoms with E-state index in [1.807, 2.05) is 6.92 Å². The van der Waals surface area contributed by atoms with Crippen molar-refractivity contribution in [1.29, 1.82) is 0 Å². The van der Waals surface area contributed by atoms with Crippen molar-refractivity contribution in [1.82, 2.24) is 5.32 Å². The lowest BCUT2D eigenvalue weighted by atomic mass is 10.3. The van der Waals surface area contributed by atoms with E-state index in [-0.39, 0.29) is 18.9 Å². The first kappa shape index (κ1) is 9.84. The molecule has 0 aliphatic heterocycles. The van der Waals surface area contributed by atoms with Crippen LogP contribution in [-0.4, -0.2) is 24.0 Å². The molecule has 0 aromatic heterocycles. The predicted molar refractivity (Wildman–Crippen MR) is 41.1 cm³/mol. The van der Waals surface area contributed by atoms with E-state index in [4.69, 9.17) is 16.6 Å². The molecule has 0 fully saturated rings. The molecule has 2 unspecified atom stereocenters. The molecule has 0 spiro atoms. The Morgan fingerprint density at radius 2 is 2.00 bits per heavy atom. The summed E-state index contributed by atoms with van der Waals surface area (Å²) < 4.78 is 0. The molecule has 6 N–H and O–H groups in total. The van der Waals surface area contributed by atoms with Crippen LogP contribution in [0.4, 0.5) is 0 Å². The molecule has 4 nitrogen and oxygen atoms in total. The molecule has 0 aliphatic carbocycles.